The molecule has 0 spiro atoms. The van der Waals surface area contributed by atoms with E-state index in [-0.39, 0.29) is 5.69 Å². The van der Waals surface area contributed by atoms with Gasteiger partial charge >= 0.3 is 0 Å². The van der Waals surface area contributed by atoms with Crippen molar-refractivity contribution in [2.45, 2.75) is 37.7 Å². The van der Waals surface area contributed by atoms with Gasteiger partial charge < -0.3 is 10.4 Å². The summed E-state index contributed by atoms with van der Waals surface area (Å²) in [7, 11) is 0. The van der Waals surface area contributed by atoms with Gasteiger partial charge in [0.05, 0.1) is 10.5 Å². The molecule has 0 atom stereocenters. The molecule has 2 N–H and O–H groups in total. The predicted octanol–water partition coefficient (Wildman–Crippen LogP) is 2.70. The third kappa shape index (κ3) is 3.20. The van der Waals surface area contributed by atoms with Crippen LogP contribution in [0.3, 0.4) is 0 Å². The van der Waals surface area contributed by atoms with Crippen molar-refractivity contribution in [1.82, 2.24) is 0 Å². The van der Waals surface area contributed by atoms with Crippen LogP contribution in [0.15, 0.2) is 24.3 Å². The van der Waals surface area contributed by atoms with Gasteiger partial charge in [-0.15, -0.1) is 0 Å². The van der Waals surface area contributed by atoms with Crippen LogP contribution in [0.2, 0.25) is 0 Å². The summed E-state index contributed by atoms with van der Waals surface area (Å²) in [6.45, 7) is 0.453. The minimum Gasteiger partial charge on any atom is -0.388 e. The molecule has 0 unspecified atom stereocenters. The van der Waals surface area contributed by atoms with Crippen molar-refractivity contribution < 1.29 is 10.0 Å². The lowest BCUT2D eigenvalue weighted by Crippen LogP contribution is -2.38. The van der Waals surface area contributed by atoms with E-state index < -0.39 is 10.5 Å². The summed E-state index contributed by atoms with van der Waals surface area (Å²) in [5.74, 6) is 0. The van der Waals surface area contributed by atoms with Gasteiger partial charge in [-0.05, 0) is 18.9 Å². The van der Waals surface area contributed by atoms with E-state index in [2.05, 4.69) is 5.32 Å². The van der Waals surface area contributed by atoms with E-state index in [1.165, 1.54) is 18.6 Å². The summed E-state index contributed by atoms with van der Waals surface area (Å²) in [5, 5.41) is 24.1. The van der Waals surface area contributed by atoms with E-state index in [1.54, 1.807) is 12.1 Å². The average molecular weight is 250 g/mol. The van der Waals surface area contributed by atoms with Crippen molar-refractivity contribution in [1.29, 1.82) is 0 Å². The lowest BCUT2D eigenvalue weighted by Gasteiger charge is -2.32. The fraction of sp³-hybridized carbons (Fsp3) is 0.538. The van der Waals surface area contributed by atoms with Crippen LogP contribution in [0.5, 0.6) is 0 Å². The smallest absolute Gasteiger partial charge is 0.271 e. The van der Waals surface area contributed by atoms with Crippen LogP contribution < -0.4 is 5.32 Å². The minimum atomic E-state index is -0.664. The number of nitro groups is 1. The number of rotatable bonds is 4. The summed E-state index contributed by atoms with van der Waals surface area (Å²) in [4.78, 5) is 10.2. The summed E-state index contributed by atoms with van der Waals surface area (Å²) < 4.78 is 0. The topological polar surface area (TPSA) is 75.4 Å². The van der Waals surface area contributed by atoms with Gasteiger partial charge in [0.1, 0.15) is 0 Å². The molecule has 1 aromatic carbocycles. The Bertz CT molecular complexity index is 428. The van der Waals surface area contributed by atoms with Crippen LogP contribution in [0.25, 0.3) is 0 Å². The number of aliphatic hydroxyl groups is 1. The molecule has 0 heterocycles. The highest BCUT2D eigenvalue weighted by atomic mass is 16.6. The van der Waals surface area contributed by atoms with Crippen LogP contribution in [0, 0.1) is 10.1 Å². The summed E-state index contributed by atoms with van der Waals surface area (Å²) in [6.07, 6.45) is 4.88. The molecule has 0 saturated heterocycles. The molecule has 1 saturated carbocycles. The van der Waals surface area contributed by atoms with Gasteiger partial charge in [-0.2, -0.15) is 0 Å². The highest BCUT2D eigenvalue weighted by Crippen LogP contribution is 2.28. The summed E-state index contributed by atoms with van der Waals surface area (Å²) in [6, 6.07) is 6.37. The Kier molecular flexibility index (Phi) is 3.81. The number of nitrogens with one attached hydrogen (secondary N) is 1. The molecule has 18 heavy (non-hydrogen) atoms. The molecule has 5 heteroatoms. The van der Waals surface area contributed by atoms with Gasteiger partial charge in [0.15, 0.2) is 0 Å². The van der Waals surface area contributed by atoms with Gasteiger partial charge in [-0.3, -0.25) is 10.1 Å². The Hall–Kier alpha value is -1.62. The number of benzene rings is 1. The van der Waals surface area contributed by atoms with Crippen LogP contribution >= 0.6 is 0 Å². The van der Waals surface area contributed by atoms with E-state index in [1.807, 2.05) is 0 Å². The molecule has 98 valence electrons. The number of hydrogen-bond acceptors (Lipinski definition) is 4. The molecule has 1 fully saturated rings. The van der Waals surface area contributed by atoms with Crippen molar-refractivity contribution in [2.75, 3.05) is 11.9 Å². The van der Waals surface area contributed by atoms with Gasteiger partial charge in [0.2, 0.25) is 0 Å². The lowest BCUT2D eigenvalue weighted by atomic mass is 9.85. The molecular weight excluding hydrogens is 232 g/mol. The maximum Gasteiger partial charge on any atom is 0.271 e. The van der Waals surface area contributed by atoms with Crippen molar-refractivity contribution in [2.24, 2.45) is 0 Å². The SMILES string of the molecule is O=[N+]([O-])c1cccc(NCC2(O)CCCCC2)c1. The standard InChI is InChI=1S/C13H18N2O3/c16-13(7-2-1-3-8-13)10-14-11-5-4-6-12(9-11)15(17)18/h4-6,9,14,16H,1-3,7-8,10H2. The summed E-state index contributed by atoms with van der Waals surface area (Å²) in [5.41, 5.74) is 0.0851. The monoisotopic (exact) mass is 250 g/mol. The Labute approximate surface area is 106 Å². The molecule has 0 bridgehead atoms. The molecule has 2 rings (SSSR count). The van der Waals surface area contributed by atoms with E-state index in [9.17, 15) is 15.2 Å². The number of anilines is 1. The van der Waals surface area contributed by atoms with Gasteiger partial charge in [0.25, 0.3) is 5.69 Å². The number of nitrogens with zero attached hydrogens (tertiary/aromatic N) is 1. The first kappa shape index (κ1) is 12.8. The molecule has 1 aromatic rings. The van der Waals surface area contributed by atoms with Crippen molar-refractivity contribution in [3.63, 3.8) is 0 Å². The third-order valence-corrected chi connectivity index (χ3v) is 3.46. The van der Waals surface area contributed by atoms with Crippen LogP contribution in [0.1, 0.15) is 32.1 Å². The van der Waals surface area contributed by atoms with E-state index in [0.717, 1.165) is 25.7 Å². The van der Waals surface area contributed by atoms with Crippen molar-refractivity contribution in [3.05, 3.63) is 34.4 Å². The Balaban J connectivity index is 1.97. The molecule has 1 aliphatic rings. The molecule has 5 nitrogen and oxygen atoms in total. The predicted molar refractivity (Wildman–Crippen MR) is 69.6 cm³/mol. The first-order valence-corrected chi connectivity index (χ1v) is 6.30. The highest BCUT2D eigenvalue weighted by Gasteiger charge is 2.28. The van der Waals surface area contributed by atoms with Crippen LogP contribution in [0.4, 0.5) is 11.4 Å². The Morgan fingerprint density at radius 2 is 2.06 bits per heavy atom. The number of non-ortho nitro benzene ring substituents is 1. The van der Waals surface area contributed by atoms with Crippen molar-refractivity contribution in [3.8, 4) is 0 Å². The molecular formula is C13H18N2O3. The molecule has 0 radical (unpaired) electrons. The summed E-state index contributed by atoms with van der Waals surface area (Å²) >= 11 is 0. The van der Waals surface area contributed by atoms with Crippen LogP contribution in [-0.4, -0.2) is 22.2 Å². The lowest BCUT2D eigenvalue weighted by molar-refractivity contribution is -0.384. The number of nitro benzene ring substituents is 1. The average Bonchev–Trinajstić information content (AvgIpc) is 2.38. The largest absolute Gasteiger partial charge is 0.388 e. The highest BCUT2D eigenvalue weighted by molar-refractivity contribution is 5.51. The second kappa shape index (κ2) is 5.35. The van der Waals surface area contributed by atoms with E-state index in [0.29, 0.717) is 12.2 Å². The van der Waals surface area contributed by atoms with Gasteiger partial charge in [-0.1, -0.05) is 25.3 Å². The molecule has 0 amide bonds. The Morgan fingerprint density at radius 3 is 2.72 bits per heavy atom. The maximum atomic E-state index is 10.7. The normalized spacial score (nSPS) is 18.3. The fourth-order valence-corrected chi connectivity index (χ4v) is 2.38. The molecule has 0 aromatic heterocycles. The fourth-order valence-electron chi connectivity index (χ4n) is 2.38. The molecule has 1 aliphatic carbocycles. The first-order chi connectivity index (χ1) is 8.59. The van der Waals surface area contributed by atoms with Crippen molar-refractivity contribution >= 4 is 11.4 Å². The first-order valence-electron chi connectivity index (χ1n) is 6.30. The zero-order chi connectivity index (χ0) is 13.0. The number of hydrogen-bond donors (Lipinski definition) is 2. The van der Waals surface area contributed by atoms with Crippen LogP contribution in [-0.2, 0) is 0 Å². The third-order valence-electron chi connectivity index (χ3n) is 3.46. The van der Waals surface area contributed by atoms with Gasteiger partial charge in [-0.25, -0.2) is 0 Å². The maximum absolute atomic E-state index is 10.7. The molecule has 0 aliphatic heterocycles. The van der Waals surface area contributed by atoms with E-state index >= 15 is 0 Å². The zero-order valence-electron chi connectivity index (χ0n) is 10.3. The second-order valence-corrected chi connectivity index (χ2v) is 4.95. The minimum absolute atomic E-state index is 0.0654. The quantitative estimate of drug-likeness (QED) is 0.636. The van der Waals surface area contributed by atoms with E-state index in [4.69, 9.17) is 0 Å². The van der Waals surface area contributed by atoms with Gasteiger partial charge in [0, 0.05) is 24.4 Å². The Morgan fingerprint density at radius 1 is 1.33 bits per heavy atom. The zero-order valence-corrected chi connectivity index (χ0v) is 10.3. The second-order valence-electron chi connectivity index (χ2n) is 4.95.